The van der Waals surface area contributed by atoms with E-state index in [0.717, 1.165) is 23.1 Å². The van der Waals surface area contributed by atoms with Crippen molar-refractivity contribution in [2.45, 2.75) is 13.1 Å². The van der Waals surface area contributed by atoms with Crippen LogP contribution in [0, 0.1) is 6.92 Å². The summed E-state index contributed by atoms with van der Waals surface area (Å²) < 4.78 is 38.9. The molecular formula is C20H15F3N4O. The van der Waals surface area contributed by atoms with Crippen molar-refractivity contribution in [3.63, 3.8) is 0 Å². The predicted molar refractivity (Wildman–Crippen MR) is 99.6 cm³/mol. The first kappa shape index (κ1) is 17.8. The number of hydrogen-bond acceptors (Lipinski definition) is 2. The largest absolute Gasteiger partial charge is 0.416 e. The Morgan fingerprint density at radius 2 is 1.89 bits per heavy atom. The average Bonchev–Trinajstić information content (AvgIpc) is 3.27. The SMILES string of the molecule is Cc1cc(C(F)(F)F)ccc1-c1[nH]c(-c2ccnc3[nH]ccc23)cc1C(N)=O. The number of benzene rings is 1. The zero-order valence-electron chi connectivity index (χ0n) is 14.7. The molecule has 3 aromatic heterocycles. The Morgan fingerprint density at radius 1 is 1.11 bits per heavy atom. The van der Waals surface area contributed by atoms with Gasteiger partial charge in [0.2, 0.25) is 0 Å². The lowest BCUT2D eigenvalue weighted by Gasteiger charge is -2.11. The maximum absolute atomic E-state index is 13.0. The van der Waals surface area contributed by atoms with Crippen LogP contribution < -0.4 is 5.73 Å². The van der Waals surface area contributed by atoms with Crippen molar-refractivity contribution in [2.24, 2.45) is 5.73 Å². The van der Waals surface area contributed by atoms with Gasteiger partial charge in [0.1, 0.15) is 5.65 Å². The second-order valence-electron chi connectivity index (χ2n) is 6.46. The fourth-order valence-corrected chi connectivity index (χ4v) is 3.32. The van der Waals surface area contributed by atoms with Gasteiger partial charge in [0.05, 0.1) is 16.8 Å². The molecule has 0 fully saturated rings. The molecule has 0 spiro atoms. The highest BCUT2D eigenvalue weighted by Gasteiger charge is 2.31. The van der Waals surface area contributed by atoms with Gasteiger partial charge >= 0.3 is 6.18 Å². The Hall–Kier alpha value is -3.55. The molecular weight excluding hydrogens is 369 g/mol. The standard InChI is InChI=1S/C20H15F3N4O/c1-10-8-11(20(21,22)23)2-3-12(10)17-15(18(24)28)9-16(27-17)13-4-6-25-19-14(13)5-7-26-19/h2-9,27H,1H3,(H2,24,28)(H,25,26). The van der Waals surface area contributed by atoms with Gasteiger partial charge in [-0.05, 0) is 42.8 Å². The molecule has 4 N–H and O–H groups in total. The minimum Gasteiger partial charge on any atom is -0.366 e. The average molecular weight is 384 g/mol. The molecule has 8 heteroatoms. The quantitative estimate of drug-likeness (QED) is 0.480. The van der Waals surface area contributed by atoms with Gasteiger partial charge in [-0.3, -0.25) is 4.79 Å². The van der Waals surface area contributed by atoms with Crippen LogP contribution in [0.2, 0.25) is 0 Å². The first-order chi connectivity index (χ1) is 13.3. The van der Waals surface area contributed by atoms with Crippen LogP contribution in [-0.4, -0.2) is 20.9 Å². The molecule has 0 saturated carbocycles. The topological polar surface area (TPSA) is 87.6 Å². The van der Waals surface area contributed by atoms with E-state index in [4.69, 9.17) is 5.73 Å². The third kappa shape index (κ3) is 2.92. The molecule has 0 aliphatic heterocycles. The van der Waals surface area contributed by atoms with Crippen LogP contribution in [0.3, 0.4) is 0 Å². The van der Waals surface area contributed by atoms with Crippen LogP contribution in [0.1, 0.15) is 21.5 Å². The van der Waals surface area contributed by atoms with E-state index in [2.05, 4.69) is 15.0 Å². The van der Waals surface area contributed by atoms with Gasteiger partial charge < -0.3 is 15.7 Å². The van der Waals surface area contributed by atoms with Crippen molar-refractivity contribution >= 4 is 16.9 Å². The number of halogens is 3. The Kier molecular flexibility index (Phi) is 3.99. The summed E-state index contributed by atoms with van der Waals surface area (Å²) in [5.74, 6) is -0.670. The molecule has 4 aromatic rings. The van der Waals surface area contributed by atoms with Crippen molar-refractivity contribution in [3.8, 4) is 22.5 Å². The van der Waals surface area contributed by atoms with Crippen molar-refractivity contribution in [1.82, 2.24) is 15.0 Å². The zero-order chi connectivity index (χ0) is 20.1. The molecule has 142 valence electrons. The summed E-state index contributed by atoms with van der Waals surface area (Å²) >= 11 is 0. The van der Waals surface area contributed by atoms with Gasteiger partial charge in [-0.2, -0.15) is 13.2 Å². The lowest BCUT2D eigenvalue weighted by atomic mass is 10.00. The maximum atomic E-state index is 13.0. The minimum atomic E-state index is -4.44. The smallest absolute Gasteiger partial charge is 0.366 e. The molecule has 28 heavy (non-hydrogen) atoms. The molecule has 4 rings (SSSR count). The number of aryl methyl sites for hydroxylation is 1. The van der Waals surface area contributed by atoms with Crippen LogP contribution in [-0.2, 0) is 6.18 Å². The van der Waals surface area contributed by atoms with E-state index in [-0.39, 0.29) is 5.56 Å². The summed E-state index contributed by atoms with van der Waals surface area (Å²) in [7, 11) is 0. The lowest BCUT2D eigenvalue weighted by molar-refractivity contribution is -0.137. The number of carbonyl (C=O) groups is 1. The Labute approximate surface area is 157 Å². The predicted octanol–water partition coefficient (Wildman–Crippen LogP) is 4.65. The van der Waals surface area contributed by atoms with Crippen LogP contribution in [0.4, 0.5) is 13.2 Å². The molecule has 0 radical (unpaired) electrons. The maximum Gasteiger partial charge on any atom is 0.416 e. The van der Waals surface area contributed by atoms with E-state index in [9.17, 15) is 18.0 Å². The second-order valence-corrected chi connectivity index (χ2v) is 6.46. The number of fused-ring (bicyclic) bond motifs is 1. The Morgan fingerprint density at radius 3 is 2.57 bits per heavy atom. The van der Waals surface area contributed by atoms with Crippen LogP contribution in [0.5, 0.6) is 0 Å². The minimum absolute atomic E-state index is 0.207. The van der Waals surface area contributed by atoms with Crippen LogP contribution in [0.25, 0.3) is 33.5 Å². The van der Waals surface area contributed by atoms with Gasteiger partial charge in [-0.25, -0.2) is 4.98 Å². The molecule has 0 unspecified atom stereocenters. The number of hydrogen-bond donors (Lipinski definition) is 3. The molecule has 5 nitrogen and oxygen atoms in total. The number of primary amides is 1. The number of pyridine rings is 1. The normalized spacial score (nSPS) is 11.9. The molecule has 0 saturated heterocycles. The number of H-pyrrole nitrogens is 2. The second kappa shape index (κ2) is 6.26. The Bertz CT molecular complexity index is 1200. The van der Waals surface area contributed by atoms with E-state index in [1.807, 2.05) is 6.07 Å². The Balaban J connectivity index is 1.89. The third-order valence-electron chi connectivity index (χ3n) is 4.66. The molecule has 0 aliphatic carbocycles. The summed E-state index contributed by atoms with van der Waals surface area (Å²) in [4.78, 5) is 22.4. The number of amides is 1. The summed E-state index contributed by atoms with van der Waals surface area (Å²) in [6, 6.07) is 8.64. The number of rotatable bonds is 3. The summed E-state index contributed by atoms with van der Waals surface area (Å²) in [5.41, 5.74) is 8.33. The van der Waals surface area contributed by atoms with Gasteiger partial charge in [0.25, 0.3) is 5.91 Å². The molecule has 3 heterocycles. The molecule has 0 atom stereocenters. The van der Waals surface area contributed by atoms with Crippen molar-refractivity contribution in [3.05, 3.63) is 65.5 Å². The number of aromatic amines is 2. The first-order valence-electron chi connectivity index (χ1n) is 8.39. The molecule has 0 bridgehead atoms. The van der Waals surface area contributed by atoms with Crippen molar-refractivity contribution < 1.29 is 18.0 Å². The fourth-order valence-electron chi connectivity index (χ4n) is 3.32. The van der Waals surface area contributed by atoms with Gasteiger partial charge in [0.15, 0.2) is 0 Å². The van der Waals surface area contributed by atoms with Gasteiger partial charge in [-0.1, -0.05) is 6.07 Å². The van der Waals surface area contributed by atoms with Crippen LogP contribution in [0.15, 0.2) is 48.8 Å². The number of nitrogens with zero attached hydrogens (tertiary/aromatic N) is 1. The highest BCUT2D eigenvalue weighted by molar-refractivity contribution is 6.02. The molecule has 0 aliphatic rings. The first-order valence-corrected chi connectivity index (χ1v) is 8.39. The zero-order valence-corrected chi connectivity index (χ0v) is 14.7. The number of nitrogens with one attached hydrogen (secondary N) is 2. The summed E-state index contributed by atoms with van der Waals surface area (Å²) in [6.45, 7) is 1.56. The van der Waals surface area contributed by atoms with Gasteiger partial charge in [-0.15, -0.1) is 0 Å². The fraction of sp³-hybridized carbons (Fsp3) is 0.100. The van der Waals surface area contributed by atoms with Gasteiger partial charge in [0, 0.05) is 34.6 Å². The molecule has 1 amide bonds. The number of alkyl halides is 3. The van der Waals surface area contributed by atoms with E-state index in [1.165, 1.54) is 6.07 Å². The van der Waals surface area contributed by atoms with Crippen LogP contribution >= 0.6 is 0 Å². The highest BCUT2D eigenvalue weighted by atomic mass is 19.4. The number of carbonyl (C=O) groups excluding carboxylic acids is 1. The van der Waals surface area contributed by atoms with E-state index >= 15 is 0 Å². The van der Waals surface area contributed by atoms with Crippen molar-refractivity contribution in [1.29, 1.82) is 0 Å². The van der Waals surface area contributed by atoms with E-state index in [0.29, 0.717) is 28.2 Å². The number of nitrogens with two attached hydrogens (primary N) is 1. The monoisotopic (exact) mass is 384 g/mol. The highest BCUT2D eigenvalue weighted by Crippen LogP contribution is 2.36. The van der Waals surface area contributed by atoms with E-state index in [1.54, 1.807) is 31.5 Å². The third-order valence-corrected chi connectivity index (χ3v) is 4.66. The number of aromatic nitrogens is 3. The lowest BCUT2D eigenvalue weighted by Crippen LogP contribution is -2.11. The molecule has 1 aromatic carbocycles. The van der Waals surface area contributed by atoms with Crippen molar-refractivity contribution in [2.75, 3.05) is 0 Å². The summed E-state index contributed by atoms with van der Waals surface area (Å²) in [5, 5.41) is 0.843. The van der Waals surface area contributed by atoms with E-state index < -0.39 is 17.6 Å². The summed E-state index contributed by atoms with van der Waals surface area (Å²) in [6.07, 6.45) is -1.06.